The van der Waals surface area contributed by atoms with Crippen molar-refractivity contribution in [2.24, 2.45) is 0 Å². The zero-order valence-electron chi connectivity index (χ0n) is 12.5. The molecule has 0 aliphatic heterocycles. The van der Waals surface area contributed by atoms with Crippen LogP contribution in [-0.4, -0.2) is 27.5 Å². The van der Waals surface area contributed by atoms with E-state index in [0.29, 0.717) is 17.4 Å². The Morgan fingerprint density at radius 1 is 1.20 bits per heavy atom. The van der Waals surface area contributed by atoms with E-state index in [1.807, 2.05) is 33.8 Å². The minimum absolute atomic E-state index is 0. The Kier molecular flexibility index (Phi) is 8.35. The fourth-order valence-corrected chi connectivity index (χ4v) is 2.96. The molecule has 0 saturated carbocycles. The lowest BCUT2D eigenvalue weighted by atomic mass is 10.0. The summed E-state index contributed by atoms with van der Waals surface area (Å²) in [6.45, 7) is 9.26. The fourth-order valence-electron chi connectivity index (χ4n) is 1.78. The zero-order chi connectivity index (χ0) is 14.5. The average Bonchev–Trinajstić information content (AvgIpc) is 2.37. The van der Waals surface area contributed by atoms with Crippen molar-refractivity contribution in [2.75, 3.05) is 13.1 Å². The Hall–Kier alpha value is -0.620. The maximum atomic E-state index is 12.2. The Labute approximate surface area is 128 Å². The van der Waals surface area contributed by atoms with Gasteiger partial charge in [0, 0.05) is 12.6 Å². The second-order valence-electron chi connectivity index (χ2n) is 5.04. The zero-order valence-corrected chi connectivity index (χ0v) is 14.1. The van der Waals surface area contributed by atoms with Crippen LogP contribution in [0, 0.1) is 0 Å². The molecule has 0 radical (unpaired) electrons. The first kappa shape index (κ1) is 19.4. The van der Waals surface area contributed by atoms with Gasteiger partial charge in [0.15, 0.2) is 0 Å². The number of rotatable bonds is 7. The van der Waals surface area contributed by atoms with Gasteiger partial charge >= 0.3 is 0 Å². The van der Waals surface area contributed by atoms with Crippen LogP contribution in [0.2, 0.25) is 0 Å². The van der Waals surface area contributed by atoms with Gasteiger partial charge in [0.1, 0.15) is 0 Å². The highest BCUT2D eigenvalue weighted by Crippen LogP contribution is 2.18. The molecule has 1 atom stereocenters. The first-order valence-corrected chi connectivity index (χ1v) is 8.18. The second kappa shape index (κ2) is 8.62. The molecule has 0 aliphatic carbocycles. The predicted molar refractivity (Wildman–Crippen MR) is 86.1 cm³/mol. The number of nitrogens with one attached hydrogen (secondary N) is 2. The van der Waals surface area contributed by atoms with E-state index >= 15 is 0 Å². The van der Waals surface area contributed by atoms with E-state index in [1.165, 1.54) is 0 Å². The predicted octanol–water partition coefficient (Wildman–Crippen LogP) is 2.51. The number of benzene rings is 1. The highest BCUT2D eigenvalue weighted by molar-refractivity contribution is 7.89. The molecule has 1 aromatic rings. The summed E-state index contributed by atoms with van der Waals surface area (Å²) in [5, 5.41) is 3.17. The van der Waals surface area contributed by atoms with Gasteiger partial charge in [-0.2, -0.15) is 0 Å². The van der Waals surface area contributed by atoms with E-state index in [1.54, 1.807) is 18.2 Å². The van der Waals surface area contributed by atoms with Crippen molar-refractivity contribution in [1.82, 2.24) is 10.0 Å². The Morgan fingerprint density at radius 3 is 2.40 bits per heavy atom. The minimum atomic E-state index is -3.42. The first-order valence-electron chi connectivity index (χ1n) is 6.69. The van der Waals surface area contributed by atoms with E-state index in [9.17, 15) is 8.42 Å². The first-order chi connectivity index (χ1) is 8.86. The highest BCUT2D eigenvalue weighted by atomic mass is 35.5. The number of hydrogen-bond acceptors (Lipinski definition) is 3. The topological polar surface area (TPSA) is 58.2 Å². The second-order valence-corrected chi connectivity index (χ2v) is 6.80. The van der Waals surface area contributed by atoms with Crippen LogP contribution in [0.4, 0.5) is 0 Å². The summed E-state index contributed by atoms with van der Waals surface area (Å²) in [7, 11) is -3.42. The number of likely N-dealkylation sites (N-methyl/N-ethyl adjacent to an activating group) is 1. The van der Waals surface area contributed by atoms with Crippen LogP contribution in [-0.2, 0) is 10.0 Å². The molecule has 0 aromatic heterocycles. The standard InChI is InChI=1S/C14H24N2O2S.ClH/c1-5-15-12(4)10-16-19(17,18)14-8-6-7-13(9-14)11(2)3;/h6-9,11-12,15-16H,5,10H2,1-4H3;1H/t12-;/m1./s1. The summed E-state index contributed by atoms with van der Waals surface area (Å²) in [6, 6.07) is 7.23. The molecule has 1 aromatic carbocycles. The molecule has 6 heteroatoms. The lowest BCUT2D eigenvalue weighted by Gasteiger charge is -2.14. The van der Waals surface area contributed by atoms with Crippen LogP contribution in [0.1, 0.15) is 39.2 Å². The van der Waals surface area contributed by atoms with Crippen LogP contribution >= 0.6 is 12.4 Å². The van der Waals surface area contributed by atoms with E-state index in [2.05, 4.69) is 10.0 Å². The van der Waals surface area contributed by atoms with Gasteiger partial charge in [-0.3, -0.25) is 0 Å². The Bertz CT molecular complexity index is 504. The van der Waals surface area contributed by atoms with Gasteiger partial charge in [-0.05, 0) is 37.1 Å². The summed E-state index contributed by atoms with van der Waals surface area (Å²) >= 11 is 0. The molecular weight excluding hydrogens is 296 g/mol. The normalized spacial score (nSPS) is 13.1. The molecule has 2 N–H and O–H groups in total. The number of sulfonamides is 1. The number of halogens is 1. The summed E-state index contributed by atoms with van der Waals surface area (Å²) in [5.41, 5.74) is 1.03. The molecule has 0 unspecified atom stereocenters. The molecule has 0 heterocycles. The van der Waals surface area contributed by atoms with Crippen molar-refractivity contribution < 1.29 is 8.42 Å². The molecule has 0 spiro atoms. The maximum Gasteiger partial charge on any atom is 0.240 e. The highest BCUT2D eigenvalue weighted by Gasteiger charge is 2.15. The van der Waals surface area contributed by atoms with Gasteiger partial charge in [-0.15, -0.1) is 12.4 Å². The van der Waals surface area contributed by atoms with Gasteiger partial charge in [0.2, 0.25) is 10.0 Å². The summed E-state index contributed by atoms with van der Waals surface area (Å²) < 4.78 is 27.0. The number of hydrogen-bond donors (Lipinski definition) is 2. The van der Waals surface area contributed by atoms with Crippen molar-refractivity contribution in [3.8, 4) is 0 Å². The third-order valence-electron chi connectivity index (χ3n) is 2.97. The largest absolute Gasteiger partial charge is 0.313 e. The van der Waals surface area contributed by atoms with Crippen molar-refractivity contribution in [3.05, 3.63) is 29.8 Å². The maximum absolute atomic E-state index is 12.2. The molecule has 1 rings (SSSR count). The van der Waals surface area contributed by atoms with Crippen molar-refractivity contribution >= 4 is 22.4 Å². The molecular formula is C14H25ClN2O2S. The Morgan fingerprint density at radius 2 is 1.85 bits per heavy atom. The van der Waals surface area contributed by atoms with Crippen LogP contribution in [0.15, 0.2) is 29.2 Å². The van der Waals surface area contributed by atoms with Gasteiger partial charge in [-0.1, -0.05) is 32.9 Å². The van der Waals surface area contributed by atoms with Gasteiger partial charge < -0.3 is 5.32 Å². The van der Waals surface area contributed by atoms with Crippen LogP contribution in [0.3, 0.4) is 0 Å². The van der Waals surface area contributed by atoms with E-state index in [-0.39, 0.29) is 18.4 Å². The molecule has 116 valence electrons. The van der Waals surface area contributed by atoms with Crippen LogP contribution < -0.4 is 10.0 Å². The van der Waals surface area contributed by atoms with E-state index in [0.717, 1.165) is 12.1 Å². The van der Waals surface area contributed by atoms with Crippen molar-refractivity contribution in [2.45, 2.75) is 44.6 Å². The third-order valence-corrected chi connectivity index (χ3v) is 4.39. The summed E-state index contributed by atoms with van der Waals surface area (Å²) in [4.78, 5) is 0.336. The quantitative estimate of drug-likeness (QED) is 0.811. The average molecular weight is 321 g/mol. The monoisotopic (exact) mass is 320 g/mol. The van der Waals surface area contributed by atoms with E-state index < -0.39 is 10.0 Å². The molecule has 4 nitrogen and oxygen atoms in total. The third kappa shape index (κ3) is 5.79. The smallest absolute Gasteiger partial charge is 0.240 e. The van der Waals surface area contributed by atoms with E-state index in [4.69, 9.17) is 0 Å². The van der Waals surface area contributed by atoms with Crippen molar-refractivity contribution in [3.63, 3.8) is 0 Å². The van der Waals surface area contributed by atoms with Gasteiger partial charge in [0.25, 0.3) is 0 Å². The van der Waals surface area contributed by atoms with Gasteiger partial charge in [-0.25, -0.2) is 13.1 Å². The molecule has 0 amide bonds. The lowest BCUT2D eigenvalue weighted by molar-refractivity contribution is 0.536. The lowest BCUT2D eigenvalue weighted by Crippen LogP contribution is -2.38. The minimum Gasteiger partial charge on any atom is -0.313 e. The molecule has 0 bridgehead atoms. The van der Waals surface area contributed by atoms with Gasteiger partial charge in [0.05, 0.1) is 4.90 Å². The van der Waals surface area contributed by atoms with Crippen LogP contribution in [0.25, 0.3) is 0 Å². The molecule has 0 saturated heterocycles. The fraction of sp³-hybridized carbons (Fsp3) is 0.571. The summed E-state index contributed by atoms with van der Waals surface area (Å²) in [5.74, 6) is 0.316. The SMILES string of the molecule is CCN[C@H](C)CNS(=O)(=O)c1cccc(C(C)C)c1.Cl. The van der Waals surface area contributed by atoms with Crippen LogP contribution in [0.5, 0.6) is 0 Å². The summed E-state index contributed by atoms with van der Waals surface area (Å²) in [6.07, 6.45) is 0. The van der Waals surface area contributed by atoms with Crippen molar-refractivity contribution in [1.29, 1.82) is 0 Å². The Balaban J connectivity index is 0.00000361. The molecule has 0 fully saturated rings. The molecule has 20 heavy (non-hydrogen) atoms. The molecule has 0 aliphatic rings.